The lowest BCUT2D eigenvalue weighted by atomic mass is 9.91. The normalized spacial score (nSPS) is 29.4. The molecule has 0 aliphatic carbocycles. The average Bonchev–Trinajstić information content (AvgIpc) is 2.24. The fourth-order valence-corrected chi connectivity index (χ4v) is 2.03. The minimum absolute atomic E-state index is 0.160. The molecule has 0 aromatic carbocycles. The van der Waals surface area contributed by atoms with Crippen molar-refractivity contribution >= 4 is 11.8 Å². The molecule has 0 radical (unpaired) electrons. The van der Waals surface area contributed by atoms with Crippen LogP contribution in [0.15, 0.2) is 0 Å². The third-order valence-corrected chi connectivity index (χ3v) is 3.25. The Balaban J connectivity index is 3.06. The van der Waals surface area contributed by atoms with Crippen LogP contribution in [0.2, 0.25) is 0 Å². The first kappa shape index (κ1) is 14.8. The fraction of sp³-hybridized carbons (Fsp3) is 0.818. The lowest BCUT2D eigenvalue weighted by Gasteiger charge is -2.44. The molecule has 18 heavy (non-hydrogen) atoms. The SMILES string of the molecule is CCC1C(=O)NC(C)(CC)C(=O)N1CC(F)(F)F. The van der Waals surface area contributed by atoms with Gasteiger partial charge in [0.2, 0.25) is 11.8 Å². The Hall–Kier alpha value is -1.27. The molecule has 0 spiro atoms. The summed E-state index contributed by atoms with van der Waals surface area (Å²) in [4.78, 5) is 24.5. The Morgan fingerprint density at radius 2 is 1.89 bits per heavy atom. The number of rotatable bonds is 3. The van der Waals surface area contributed by atoms with Crippen LogP contribution in [0.5, 0.6) is 0 Å². The van der Waals surface area contributed by atoms with Gasteiger partial charge in [0.15, 0.2) is 0 Å². The summed E-state index contributed by atoms with van der Waals surface area (Å²) in [6, 6.07) is -1.04. The standard InChI is InChI=1S/C11H17F3N2O2/c1-4-7-8(17)15-10(3,5-2)9(18)16(7)6-11(12,13)14/h7H,4-6H2,1-3H3,(H,15,17). The van der Waals surface area contributed by atoms with Crippen LogP contribution < -0.4 is 5.32 Å². The van der Waals surface area contributed by atoms with Crippen LogP contribution in [-0.4, -0.2) is 41.0 Å². The predicted octanol–water partition coefficient (Wildman–Crippen LogP) is 1.45. The highest BCUT2D eigenvalue weighted by molar-refractivity contribution is 5.99. The van der Waals surface area contributed by atoms with E-state index in [1.54, 1.807) is 13.8 Å². The van der Waals surface area contributed by atoms with E-state index in [9.17, 15) is 22.8 Å². The van der Waals surface area contributed by atoms with Gasteiger partial charge in [-0.3, -0.25) is 9.59 Å². The zero-order valence-corrected chi connectivity index (χ0v) is 10.6. The van der Waals surface area contributed by atoms with Crippen molar-refractivity contribution in [2.75, 3.05) is 6.54 Å². The second-order valence-electron chi connectivity index (χ2n) is 4.65. The Bertz CT molecular complexity index is 357. The van der Waals surface area contributed by atoms with Gasteiger partial charge in [-0.1, -0.05) is 13.8 Å². The maximum atomic E-state index is 12.5. The number of halogens is 3. The van der Waals surface area contributed by atoms with E-state index in [-0.39, 0.29) is 12.8 Å². The van der Waals surface area contributed by atoms with E-state index in [0.29, 0.717) is 4.90 Å². The number of carbonyl (C=O) groups excluding carboxylic acids is 2. The molecule has 2 amide bonds. The first-order valence-corrected chi connectivity index (χ1v) is 5.84. The van der Waals surface area contributed by atoms with Gasteiger partial charge < -0.3 is 10.2 Å². The Morgan fingerprint density at radius 1 is 1.33 bits per heavy atom. The molecule has 4 nitrogen and oxygen atoms in total. The highest BCUT2D eigenvalue weighted by Gasteiger charge is 2.49. The number of piperazine rings is 1. The third-order valence-electron chi connectivity index (χ3n) is 3.25. The molecule has 0 aromatic rings. The fourth-order valence-electron chi connectivity index (χ4n) is 2.03. The second-order valence-corrected chi connectivity index (χ2v) is 4.65. The smallest absolute Gasteiger partial charge is 0.340 e. The van der Waals surface area contributed by atoms with Crippen molar-refractivity contribution in [2.24, 2.45) is 0 Å². The number of nitrogens with one attached hydrogen (secondary N) is 1. The summed E-state index contributed by atoms with van der Waals surface area (Å²) < 4.78 is 37.4. The predicted molar refractivity (Wildman–Crippen MR) is 58.7 cm³/mol. The van der Waals surface area contributed by atoms with Gasteiger partial charge in [-0.25, -0.2) is 0 Å². The van der Waals surface area contributed by atoms with Gasteiger partial charge in [-0.15, -0.1) is 0 Å². The average molecular weight is 266 g/mol. The van der Waals surface area contributed by atoms with Crippen molar-refractivity contribution in [2.45, 2.75) is 51.4 Å². The monoisotopic (exact) mass is 266 g/mol. The number of carbonyl (C=O) groups is 2. The zero-order valence-electron chi connectivity index (χ0n) is 10.6. The molecular formula is C11H17F3N2O2. The van der Waals surface area contributed by atoms with Crippen molar-refractivity contribution in [3.05, 3.63) is 0 Å². The minimum atomic E-state index is -4.50. The molecule has 1 aliphatic heterocycles. The van der Waals surface area contributed by atoms with E-state index in [1.165, 1.54) is 6.92 Å². The summed E-state index contributed by atoms with van der Waals surface area (Å²) in [5, 5.41) is 2.51. The largest absolute Gasteiger partial charge is 0.406 e. The van der Waals surface area contributed by atoms with Crippen LogP contribution >= 0.6 is 0 Å². The number of amides is 2. The van der Waals surface area contributed by atoms with E-state index in [0.717, 1.165) is 0 Å². The molecule has 104 valence electrons. The van der Waals surface area contributed by atoms with Crippen molar-refractivity contribution in [1.82, 2.24) is 10.2 Å². The first-order chi connectivity index (χ1) is 8.14. The Labute approximate surface area is 104 Å². The molecule has 2 unspecified atom stereocenters. The van der Waals surface area contributed by atoms with E-state index >= 15 is 0 Å². The minimum Gasteiger partial charge on any atom is -0.340 e. The topological polar surface area (TPSA) is 49.4 Å². The second kappa shape index (κ2) is 4.78. The molecule has 1 rings (SSSR count). The molecule has 1 N–H and O–H groups in total. The van der Waals surface area contributed by atoms with Gasteiger partial charge in [-0.2, -0.15) is 13.2 Å². The number of alkyl halides is 3. The Kier molecular flexibility index (Phi) is 3.92. The summed E-state index contributed by atoms with van der Waals surface area (Å²) in [6.45, 7) is 3.29. The van der Waals surface area contributed by atoms with Crippen LogP contribution in [-0.2, 0) is 9.59 Å². The van der Waals surface area contributed by atoms with E-state index in [1.807, 2.05) is 0 Å². The molecule has 1 aliphatic rings. The van der Waals surface area contributed by atoms with Crippen LogP contribution in [0.3, 0.4) is 0 Å². The summed E-state index contributed by atoms with van der Waals surface area (Å²) in [7, 11) is 0. The molecule has 2 atom stereocenters. The summed E-state index contributed by atoms with van der Waals surface area (Å²) >= 11 is 0. The summed E-state index contributed by atoms with van der Waals surface area (Å²) in [5.74, 6) is -1.19. The third kappa shape index (κ3) is 2.76. The van der Waals surface area contributed by atoms with Crippen molar-refractivity contribution < 1.29 is 22.8 Å². The molecule has 1 heterocycles. The maximum Gasteiger partial charge on any atom is 0.406 e. The van der Waals surface area contributed by atoms with Crippen LogP contribution in [0.1, 0.15) is 33.6 Å². The Morgan fingerprint density at radius 3 is 2.28 bits per heavy atom. The van der Waals surface area contributed by atoms with Gasteiger partial charge >= 0.3 is 6.18 Å². The van der Waals surface area contributed by atoms with E-state index in [4.69, 9.17) is 0 Å². The molecular weight excluding hydrogens is 249 g/mol. The van der Waals surface area contributed by atoms with E-state index in [2.05, 4.69) is 5.32 Å². The van der Waals surface area contributed by atoms with Crippen LogP contribution in [0.4, 0.5) is 13.2 Å². The quantitative estimate of drug-likeness (QED) is 0.840. The van der Waals surface area contributed by atoms with Crippen LogP contribution in [0.25, 0.3) is 0 Å². The lowest BCUT2D eigenvalue weighted by molar-refractivity contribution is -0.177. The van der Waals surface area contributed by atoms with Gasteiger partial charge in [-0.05, 0) is 19.8 Å². The highest BCUT2D eigenvalue weighted by atomic mass is 19.4. The van der Waals surface area contributed by atoms with Gasteiger partial charge in [0.05, 0.1) is 0 Å². The number of hydrogen-bond donors (Lipinski definition) is 1. The molecule has 0 bridgehead atoms. The molecule has 0 aromatic heterocycles. The number of nitrogens with zero attached hydrogens (tertiary/aromatic N) is 1. The summed E-state index contributed by atoms with van der Waals surface area (Å²) in [5.41, 5.74) is -1.24. The molecule has 7 heteroatoms. The maximum absolute atomic E-state index is 12.5. The lowest BCUT2D eigenvalue weighted by Crippen LogP contribution is -2.69. The van der Waals surface area contributed by atoms with E-state index < -0.39 is 36.1 Å². The molecule has 1 saturated heterocycles. The summed E-state index contributed by atoms with van der Waals surface area (Å²) in [6.07, 6.45) is -4.09. The van der Waals surface area contributed by atoms with Crippen molar-refractivity contribution in [3.63, 3.8) is 0 Å². The molecule has 1 fully saturated rings. The van der Waals surface area contributed by atoms with Gasteiger partial charge in [0.25, 0.3) is 0 Å². The zero-order chi connectivity index (χ0) is 14.1. The van der Waals surface area contributed by atoms with Crippen LogP contribution in [0, 0.1) is 0 Å². The van der Waals surface area contributed by atoms with Crippen molar-refractivity contribution in [1.29, 1.82) is 0 Å². The number of hydrogen-bond acceptors (Lipinski definition) is 2. The van der Waals surface area contributed by atoms with Gasteiger partial charge in [0, 0.05) is 0 Å². The first-order valence-electron chi connectivity index (χ1n) is 5.84. The van der Waals surface area contributed by atoms with Crippen molar-refractivity contribution in [3.8, 4) is 0 Å². The molecule has 0 saturated carbocycles. The highest BCUT2D eigenvalue weighted by Crippen LogP contribution is 2.26. The van der Waals surface area contributed by atoms with Gasteiger partial charge in [0.1, 0.15) is 18.1 Å².